The summed E-state index contributed by atoms with van der Waals surface area (Å²) in [7, 11) is 3.19. The first-order valence-electron chi connectivity index (χ1n) is 9.37. The predicted octanol–water partition coefficient (Wildman–Crippen LogP) is 2.34. The highest BCUT2D eigenvalue weighted by Crippen LogP contribution is 2.45. The molecule has 10 nitrogen and oxygen atoms in total. The summed E-state index contributed by atoms with van der Waals surface area (Å²) in [6.45, 7) is 1.91. The molecule has 0 fully saturated rings. The van der Waals surface area contributed by atoms with Crippen molar-refractivity contribution in [3.63, 3.8) is 0 Å². The Kier molecular flexibility index (Phi) is 4.12. The zero-order valence-corrected chi connectivity index (χ0v) is 16.6. The maximum atomic E-state index is 12.7. The van der Waals surface area contributed by atoms with E-state index < -0.39 is 0 Å². The summed E-state index contributed by atoms with van der Waals surface area (Å²) >= 11 is 0. The number of methoxy groups -OCH3 is 2. The maximum absolute atomic E-state index is 12.7. The molecule has 10 heteroatoms. The number of para-hydroxylation sites is 1. The quantitative estimate of drug-likeness (QED) is 0.535. The van der Waals surface area contributed by atoms with Crippen LogP contribution in [0.3, 0.4) is 0 Å². The van der Waals surface area contributed by atoms with Gasteiger partial charge in [-0.15, -0.1) is 0 Å². The number of rotatable bonds is 4. The molecule has 0 aliphatic carbocycles. The molecule has 4 heterocycles. The third kappa shape index (κ3) is 2.60. The highest BCUT2D eigenvalue weighted by Gasteiger charge is 2.35. The molecule has 0 spiro atoms. The van der Waals surface area contributed by atoms with Crippen molar-refractivity contribution in [2.75, 3.05) is 19.5 Å². The number of anilines is 1. The van der Waals surface area contributed by atoms with Crippen molar-refractivity contribution in [1.29, 1.82) is 0 Å². The zero-order chi connectivity index (χ0) is 20.8. The predicted molar refractivity (Wildman–Crippen MR) is 108 cm³/mol. The number of aromatic nitrogens is 6. The molecule has 1 amide bonds. The summed E-state index contributed by atoms with van der Waals surface area (Å²) in [5, 5.41) is 7.66. The molecule has 2 N–H and O–H groups in total. The Morgan fingerprint density at radius 1 is 1.17 bits per heavy atom. The van der Waals surface area contributed by atoms with Crippen molar-refractivity contribution in [1.82, 2.24) is 29.7 Å². The second kappa shape index (κ2) is 6.83. The second-order valence-corrected chi connectivity index (χ2v) is 6.95. The van der Waals surface area contributed by atoms with Gasteiger partial charge in [-0.25, -0.2) is 15.0 Å². The molecule has 1 atom stereocenters. The fourth-order valence-electron chi connectivity index (χ4n) is 4.07. The van der Waals surface area contributed by atoms with Gasteiger partial charge < -0.3 is 19.8 Å². The number of fused-ring (bicyclic) bond motifs is 2. The van der Waals surface area contributed by atoms with Gasteiger partial charge in [0.15, 0.2) is 23.0 Å². The first kappa shape index (κ1) is 18.1. The summed E-state index contributed by atoms with van der Waals surface area (Å²) in [6.07, 6.45) is 3.25. The van der Waals surface area contributed by atoms with Gasteiger partial charge in [-0.1, -0.05) is 12.1 Å². The van der Waals surface area contributed by atoms with Crippen molar-refractivity contribution in [2.24, 2.45) is 0 Å². The van der Waals surface area contributed by atoms with Crippen LogP contribution in [-0.4, -0.2) is 49.8 Å². The molecule has 30 heavy (non-hydrogen) atoms. The Hall–Kier alpha value is -3.95. The number of H-pyrrole nitrogens is 1. The average Bonchev–Trinajstić information content (AvgIpc) is 3.37. The van der Waals surface area contributed by atoms with E-state index in [4.69, 9.17) is 14.6 Å². The summed E-state index contributed by atoms with van der Waals surface area (Å²) < 4.78 is 12.7. The molecule has 1 aliphatic heterocycles. The van der Waals surface area contributed by atoms with Crippen molar-refractivity contribution < 1.29 is 14.3 Å². The number of imidazole rings is 1. The van der Waals surface area contributed by atoms with Crippen LogP contribution in [0.25, 0.3) is 17.0 Å². The lowest BCUT2D eigenvalue weighted by molar-refractivity contribution is -0.116. The van der Waals surface area contributed by atoms with Crippen molar-refractivity contribution in [3.8, 4) is 17.3 Å². The van der Waals surface area contributed by atoms with E-state index >= 15 is 0 Å². The average molecular weight is 405 g/mol. The number of carbonyl (C=O) groups is 1. The van der Waals surface area contributed by atoms with Gasteiger partial charge in [-0.3, -0.25) is 4.79 Å². The molecule has 1 aromatic carbocycles. The van der Waals surface area contributed by atoms with E-state index in [0.717, 1.165) is 16.8 Å². The van der Waals surface area contributed by atoms with Crippen LogP contribution in [0.4, 0.5) is 5.82 Å². The van der Waals surface area contributed by atoms with Gasteiger partial charge in [-0.05, 0) is 13.0 Å². The molecule has 1 aliphatic rings. The molecule has 0 unspecified atom stereocenters. The number of hydrogen-bond acceptors (Lipinski definition) is 7. The number of benzene rings is 1. The number of ether oxygens (including phenoxy) is 2. The Morgan fingerprint density at radius 2 is 2.03 bits per heavy atom. The van der Waals surface area contributed by atoms with Gasteiger partial charge in [0, 0.05) is 23.5 Å². The Labute approximate surface area is 171 Å². The van der Waals surface area contributed by atoms with E-state index in [2.05, 4.69) is 25.3 Å². The highest BCUT2D eigenvalue weighted by atomic mass is 16.5. The van der Waals surface area contributed by atoms with Crippen LogP contribution in [0.5, 0.6) is 11.5 Å². The maximum Gasteiger partial charge on any atom is 0.226 e. The Morgan fingerprint density at radius 3 is 2.83 bits per heavy atom. The first-order chi connectivity index (χ1) is 14.6. The third-order valence-electron chi connectivity index (χ3n) is 5.31. The van der Waals surface area contributed by atoms with Gasteiger partial charge in [0.1, 0.15) is 17.7 Å². The summed E-state index contributed by atoms with van der Waals surface area (Å²) in [4.78, 5) is 28.4. The number of amides is 1. The standard InChI is InChI=1S/C20H19N7O3/c1-10-15-12(11-5-4-6-13(29-2)17(11)30-3)7-14(28)25-19(15)27(26-10)20-16-18(22-8-21-16)23-9-24-20/h4-6,8-9,12H,7H2,1-3H3,(H,25,28)(H,21,22,23,24)/t12-/m1/s1. The second-order valence-electron chi connectivity index (χ2n) is 6.95. The van der Waals surface area contributed by atoms with E-state index in [0.29, 0.717) is 34.3 Å². The molecular weight excluding hydrogens is 386 g/mol. The number of carbonyl (C=O) groups excluding carboxylic acids is 1. The molecular formula is C20H19N7O3. The van der Waals surface area contributed by atoms with Crippen LogP contribution >= 0.6 is 0 Å². The van der Waals surface area contributed by atoms with Crippen LogP contribution in [-0.2, 0) is 4.79 Å². The largest absolute Gasteiger partial charge is 0.493 e. The molecule has 0 bridgehead atoms. The minimum absolute atomic E-state index is 0.117. The van der Waals surface area contributed by atoms with Crippen LogP contribution < -0.4 is 14.8 Å². The van der Waals surface area contributed by atoms with E-state index in [1.54, 1.807) is 25.2 Å². The van der Waals surface area contributed by atoms with E-state index in [1.807, 2.05) is 25.1 Å². The van der Waals surface area contributed by atoms with E-state index in [9.17, 15) is 4.79 Å². The van der Waals surface area contributed by atoms with Crippen molar-refractivity contribution >= 4 is 22.9 Å². The van der Waals surface area contributed by atoms with Crippen LogP contribution in [0.1, 0.15) is 29.2 Å². The molecule has 4 aromatic rings. The number of nitrogens with zero attached hydrogens (tertiary/aromatic N) is 5. The fraction of sp³-hybridized carbons (Fsp3) is 0.250. The minimum Gasteiger partial charge on any atom is -0.493 e. The monoisotopic (exact) mass is 405 g/mol. The Balaban J connectivity index is 1.73. The molecule has 152 valence electrons. The number of hydrogen-bond donors (Lipinski definition) is 2. The number of aryl methyl sites for hydroxylation is 1. The number of nitrogens with one attached hydrogen (secondary N) is 2. The lowest BCUT2D eigenvalue weighted by Gasteiger charge is -2.26. The summed E-state index contributed by atoms with van der Waals surface area (Å²) in [5.41, 5.74) is 3.72. The number of aromatic amines is 1. The minimum atomic E-state index is -0.244. The van der Waals surface area contributed by atoms with Crippen molar-refractivity contribution in [3.05, 3.63) is 47.7 Å². The van der Waals surface area contributed by atoms with E-state index in [-0.39, 0.29) is 18.2 Å². The SMILES string of the molecule is COc1cccc([C@H]2CC(=O)Nc3c2c(C)nn3-c2ncnc3nc[nH]c23)c1OC. The first-order valence-corrected chi connectivity index (χ1v) is 9.37. The van der Waals surface area contributed by atoms with Crippen LogP contribution in [0.15, 0.2) is 30.9 Å². The van der Waals surface area contributed by atoms with Crippen LogP contribution in [0, 0.1) is 6.92 Å². The van der Waals surface area contributed by atoms with Gasteiger partial charge in [-0.2, -0.15) is 9.78 Å². The molecule has 3 aromatic heterocycles. The lowest BCUT2D eigenvalue weighted by Crippen LogP contribution is -2.25. The fourth-order valence-corrected chi connectivity index (χ4v) is 4.07. The summed E-state index contributed by atoms with van der Waals surface area (Å²) in [5.74, 6) is 1.95. The smallest absolute Gasteiger partial charge is 0.226 e. The van der Waals surface area contributed by atoms with Gasteiger partial charge in [0.05, 0.1) is 26.2 Å². The van der Waals surface area contributed by atoms with Gasteiger partial charge in [0.25, 0.3) is 0 Å². The van der Waals surface area contributed by atoms with Gasteiger partial charge in [0.2, 0.25) is 5.91 Å². The van der Waals surface area contributed by atoms with Crippen molar-refractivity contribution in [2.45, 2.75) is 19.3 Å². The Bertz CT molecular complexity index is 1280. The topological polar surface area (TPSA) is 120 Å². The molecule has 0 saturated carbocycles. The molecule has 0 saturated heterocycles. The molecule has 0 radical (unpaired) electrons. The highest BCUT2D eigenvalue weighted by molar-refractivity contribution is 5.95. The van der Waals surface area contributed by atoms with Crippen LogP contribution in [0.2, 0.25) is 0 Å². The molecule has 5 rings (SSSR count). The third-order valence-corrected chi connectivity index (χ3v) is 5.31. The van der Waals surface area contributed by atoms with Gasteiger partial charge >= 0.3 is 0 Å². The zero-order valence-electron chi connectivity index (χ0n) is 16.6. The van der Waals surface area contributed by atoms with E-state index in [1.165, 1.54) is 6.33 Å². The lowest BCUT2D eigenvalue weighted by atomic mass is 9.85. The summed E-state index contributed by atoms with van der Waals surface area (Å²) in [6, 6.07) is 5.67. The normalized spacial score (nSPS) is 15.7.